The third-order valence-electron chi connectivity index (χ3n) is 3.79. The van der Waals surface area contributed by atoms with Gasteiger partial charge in [0.25, 0.3) is 0 Å². The Hall–Kier alpha value is -0.780. The topological polar surface area (TPSA) is 0 Å². The molecule has 0 radical (unpaired) electrons. The largest absolute Gasteiger partial charge is 0.0651 e. The Kier molecular flexibility index (Phi) is 4.58. The van der Waals surface area contributed by atoms with Crippen molar-refractivity contribution in [2.24, 2.45) is 11.8 Å². The van der Waals surface area contributed by atoms with Crippen LogP contribution < -0.4 is 0 Å². The van der Waals surface area contributed by atoms with Gasteiger partial charge in [0, 0.05) is 0 Å². The summed E-state index contributed by atoms with van der Waals surface area (Å²) in [5.41, 5.74) is 1.76. The Morgan fingerprint density at radius 3 is 2.06 bits per heavy atom. The molecule has 0 saturated carbocycles. The zero-order valence-corrected chi connectivity index (χ0v) is 11.5. The van der Waals surface area contributed by atoms with E-state index in [0.717, 1.165) is 11.8 Å². The van der Waals surface area contributed by atoms with Gasteiger partial charge < -0.3 is 0 Å². The standard InChI is InChI=1S/C16H26/c1-6-14(13(2)3)12-16(4,5)15-10-8-7-9-11-15/h7-11,13-14H,6,12H2,1-5H3. The maximum Gasteiger partial charge on any atom is -0.0101 e. The first-order chi connectivity index (χ1) is 7.47. The van der Waals surface area contributed by atoms with E-state index in [4.69, 9.17) is 0 Å². The number of hydrogen-bond donors (Lipinski definition) is 0. The first kappa shape index (κ1) is 13.3. The van der Waals surface area contributed by atoms with Crippen molar-refractivity contribution in [1.29, 1.82) is 0 Å². The molecule has 0 bridgehead atoms. The molecule has 1 aromatic rings. The molecule has 1 atom stereocenters. The van der Waals surface area contributed by atoms with Crippen molar-refractivity contribution in [1.82, 2.24) is 0 Å². The van der Waals surface area contributed by atoms with Crippen LogP contribution in [0.2, 0.25) is 0 Å². The maximum absolute atomic E-state index is 2.37. The summed E-state index contributed by atoms with van der Waals surface area (Å²) in [4.78, 5) is 0. The van der Waals surface area contributed by atoms with Crippen LogP contribution in [0.4, 0.5) is 0 Å². The van der Waals surface area contributed by atoms with Crippen molar-refractivity contribution < 1.29 is 0 Å². The average Bonchev–Trinajstić information content (AvgIpc) is 2.27. The van der Waals surface area contributed by atoms with Gasteiger partial charge in [-0.3, -0.25) is 0 Å². The molecular formula is C16H26. The van der Waals surface area contributed by atoms with Crippen LogP contribution in [0.5, 0.6) is 0 Å². The van der Waals surface area contributed by atoms with E-state index in [9.17, 15) is 0 Å². The summed E-state index contributed by atoms with van der Waals surface area (Å²) in [6.45, 7) is 11.7. The molecule has 0 heterocycles. The van der Waals surface area contributed by atoms with Crippen molar-refractivity contribution in [3.63, 3.8) is 0 Å². The molecule has 0 heteroatoms. The normalized spacial score (nSPS) is 14.1. The molecule has 0 aliphatic carbocycles. The van der Waals surface area contributed by atoms with E-state index >= 15 is 0 Å². The highest BCUT2D eigenvalue weighted by Crippen LogP contribution is 2.34. The Morgan fingerprint density at radius 2 is 1.62 bits per heavy atom. The lowest BCUT2D eigenvalue weighted by Crippen LogP contribution is -2.24. The minimum absolute atomic E-state index is 0.298. The number of benzene rings is 1. The molecule has 0 N–H and O–H groups in total. The molecule has 0 saturated heterocycles. The van der Waals surface area contributed by atoms with E-state index in [1.54, 1.807) is 0 Å². The molecule has 0 aliphatic rings. The van der Waals surface area contributed by atoms with Crippen LogP contribution in [0.15, 0.2) is 30.3 Å². The predicted molar refractivity (Wildman–Crippen MR) is 72.7 cm³/mol. The van der Waals surface area contributed by atoms with Crippen molar-refractivity contribution in [3.05, 3.63) is 35.9 Å². The summed E-state index contributed by atoms with van der Waals surface area (Å²) in [6.07, 6.45) is 2.57. The first-order valence-corrected chi connectivity index (χ1v) is 6.53. The number of rotatable bonds is 5. The highest BCUT2D eigenvalue weighted by molar-refractivity contribution is 5.23. The molecule has 1 rings (SSSR count). The third-order valence-corrected chi connectivity index (χ3v) is 3.79. The van der Waals surface area contributed by atoms with E-state index in [-0.39, 0.29) is 0 Å². The van der Waals surface area contributed by atoms with E-state index in [1.165, 1.54) is 18.4 Å². The predicted octanol–water partition coefficient (Wildman–Crippen LogP) is 5.04. The van der Waals surface area contributed by atoms with Crippen LogP contribution in [0.1, 0.15) is 53.0 Å². The minimum Gasteiger partial charge on any atom is -0.0651 e. The Balaban J connectivity index is 2.78. The van der Waals surface area contributed by atoms with Gasteiger partial charge in [0.05, 0.1) is 0 Å². The molecule has 0 spiro atoms. The maximum atomic E-state index is 2.37. The fourth-order valence-corrected chi connectivity index (χ4v) is 2.51. The highest BCUT2D eigenvalue weighted by atomic mass is 14.3. The summed E-state index contributed by atoms with van der Waals surface area (Å²) in [5, 5.41) is 0. The molecule has 1 unspecified atom stereocenters. The average molecular weight is 218 g/mol. The van der Waals surface area contributed by atoms with E-state index in [2.05, 4.69) is 65.0 Å². The van der Waals surface area contributed by atoms with Gasteiger partial charge in [0.1, 0.15) is 0 Å². The lowest BCUT2D eigenvalue weighted by molar-refractivity contribution is 0.280. The van der Waals surface area contributed by atoms with Gasteiger partial charge in [0.2, 0.25) is 0 Å². The zero-order valence-electron chi connectivity index (χ0n) is 11.5. The summed E-state index contributed by atoms with van der Waals surface area (Å²) >= 11 is 0. The van der Waals surface area contributed by atoms with E-state index in [0.29, 0.717) is 5.41 Å². The van der Waals surface area contributed by atoms with Gasteiger partial charge in [0.15, 0.2) is 0 Å². The highest BCUT2D eigenvalue weighted by Gasteiger charge is 2.25. The molecular weight excluding hydrogens is 192 g/mol. The van der Waals surface area contributed by atoms with Gasteiger partial charge in [-0.05, 0) is 29.2 Å². The molecule has 0 aromatic heterocycles. The van der Waals surface area contributed by atoms with Gasteiger partial charge in [-0.2, -0.15) is 0 Å². The quantitative estimate of drug-likeness (QED) is 0.649. The summed E-state index contributed by atoms with van der Waals surface area (Å²) in [5.74, 6) is 1.61. The van der Waals surface area contributed by atoms with Crippen LogP contribution in [0.3, 0.4) is 0 Å². The first-order valence-electron chi connectivity index (χ1n) is 6.53. The molecule has 16 heavy (non-hydrogen) atoms. The Labute approximate surface area is 101 Å². The fourth-order valence-electron chi connectivity index (χ4n) is 2.51. The van der Waals surface area contributed by atoms with Crippen LogP contribution in [-0.2, 0) is 5.41 Å². The zero-order chi connectivity index (χ0) is 12.2. The van der Waals surface area contributed by atoms with Gasteiger partial charge in [-0.15, -0.1) is 0 Å². The fraction of sp³-hybridized carbons (Fsp3) is 0.625. The monoisotopic (exact) mass is 218 g/mol. The van der Waals surface area contributed by atoms with E-state index in [1.807, 2.05) is 0 Å². The molecule has 90 valence electrons. The lowest BCUT2D eigenvalue weighted by atomic mass is 9.73. The van der Waals surface area contributed by atoms with Crippen molar-refractivity contribution in [2.75, 3.05) is 0 Å². The van der Waals surface area contributed by atoms with Crippen LogP contribution >= 0.6 is 0 Å². The van der Waals surface area contributed by atoms with Gasteiger partial charge in [-0.25, -0.2) is 0 Å². The second-order valence-electron chi connectivity index (χ2n) is 5.87. The SMILES string of the molecule is CCC(CC(C)(C)c1ccccc1)C(C)C. The molecule has 1 aromatic carbocycles. The Bertz CT molecular complexity index is 295. The second kappa shape index (κ2) is 5.52. The van der Waals surface area contributed by atoms with Gasteiger partial charge in [-0.1, -0.05) is 71.4 Å². The van der Waals surface area contributed by atoms with E-state index < -0.39 is 0 Å². The van der Waals surface area contributed by atoms with Gasteiger partial charge >= 0.3 is 0 Å². The number of hydrogen-bond acceptors (Lipinski definition) is 0. The lowest BCUT2D eigenvalue weighted by Gasteiger charge is -2.32. The molecule has 0 fully saturated rings. The minimum atomic E-state index is 0.298. The molecule has 0 nitrogen and oxygen atoms in total. The van der Waals surface area contributed by atoms with Crippen LogP contribution in [-0.4, -0.2) is 0 Å². The molecule has 0 aliphatic heterocycles. The smallest absolute Gasteiger partial charge is 0.0101 e. The van der Waals surface area contributed by atoms with Crippen molar-refractivity contribution in [3.8, 4) is 0 Å². The van der Waals surface area contributed by atoms with Crippen LogP contribution in [0.25, 0.3) is 0 Å². The summed E-state index contributed by atoms with van der Waals surface area (Å²) < 4.78 is 0. The van der Waals surface area contributed by atoms with Crippen LogP contribution in [0, 0.1) is 11.8 Å². The molecule has 0 amide bonds. The Morgan fingerprint density at radius 1 is 1.06 bits per heavy atom. The van der Waals surface area contributed by atoms with Crippen molar-refractivity contribution >= 4 is 0 Å². The summed E-state index contributed by atoms with van der Waals surface area (Å²) in [7, 11) is 0. The third kappa shape index (κ3) is 3.37. The summed E-state index contributed by atoms with van der Waals surface area (Å²) in [6, 6.07) is 10.9. The van der Waals surface area contributed by atoms with Crippen molar-refractivity contribution in [2.45, 2.75) is 52.9 Å². The second-order valence-corrected chi connectivity index (χ2v) is 5.87.